The first-order valence-corrected chi connectivity index (χ1v) is 4.18. The third-order valence-electron chi connectivity index (χ3n) is 1.02. The van der Waals surface area contributed by atoms with Gasteiger partial charge in [-0.1, -0.05) is 0 Å². The number of hydrogen-bond donors (Lipinski definition) is 0. The Bertz CT molecular complexity index is 294. The van der Waals surface area contributed by atoms with Gasteiger partial charge in [0.15, 0.2) is 6.61 Å². The van der Waals surface area contributed by atoms with Gasteiger partial charge in [-0.05, 0) is 6.92 Å². The molecule has 0 heterocycles. The fourth-order valence-corrected chi connectivity index (χ4v) is 0.519. The van der Waals surface area contributed by atoms with Crippen molar-refractivity contribution in [2.75, 3.05) is 13.2 Å². The van der Waals surface area contributed by atoms with E-state index in [2.05, 4.69) is 18.9 Å². The van der Waals surface area contributed by atoms with Crippen molar-refractivity contribution in [3.8, 4) is 0 Å². The average Bonchev–Trinajstić information content (AvgIpc) is 2.14. The van der Waals surface area contributed by atoms with Gasteiger partial charge in [0, 0.05) is 6.92 Å². The summed E-state index contributed by atoms with van der Waals surface area (Å²) in [5.74, 6) is -1.87. The van der Waals surface area contributed by atoms with Crippen molar-refractivity contribution >= 4 is 24.2 Å². The average molecular weight is 234 g/mol. The van der Waals surface area contributed by atoms with Crippen molar-refractivity contribution in [3.05, 3.63) is 0 Å². The fourth-order valence-electron chi connectivity index (χ4n) is 0.519. The van der Waals surface area contributed by atoms with Gasteiger partial charge >= 0.3 is 24.2 Å². The van der Waals surface area contributed by atoms with Crippen LogP contribution in [0.15, 0.2) is 0 Å². The molecule has 0 aliphatic heterocycles. The van der Waals surface area contributed by atoms with Crippen LogP contribution in [0, 0.1) is 0 Å². The van der Waals surface area contributed by atoms with E-state index in [0.717, 1.165) is 6.92 Å². The molecule has 0 bridgehead atoms. The van der Waals surface area contributed by atoms with Crippen LogP contribution in [0.4, 0.5) is 9.59 Å². The third-order valence-corrected chi connectivity index (χ3v) is 1.02. The van der Waals surface area contributed by atoms with E-state index in [4.69, 9.17) is 0 Å². The van der Waals surface area contributed by atoms with E-state index in [1.54, 1.807) is 0 Å². The topological polar surface area (TPSA) is 105 Å². The van der Waals surface area contributed by atoms with Crippen LogP contribution in [0.25, 0.3) is 0 Å². The first-order valence-electron chi connectivity index (χ1n) is 4.18. The van der Waals surface area contributed by atoms with Crippen molar-refractivity contribution in [2.45, 2.75) is 13.8 Å². The van der Waals surface area contributed by atoms with Crippen LogP contribution in [0.2, 0.25) is 0 Å². The van der Waals surface area contributed by atoms with Crippen LogP contribution in [0.5, 0.6) is 0 Å². The summed E-state index contributed by atoms with van der Waals surface area (Å²) in [4.78, 5) is 42.3. The van der Waals surface area contributed by atoms with Crippen molar-refractivity contribution in [2.24, 2.45) is 0 Å². The smallest absolute Gasteiger partial charge is 0.454 e. The third kappa shape index (κ3) is 7.30. The summed E-state index contributed by atoms with van der Waals surface area (Å²) in [5.41, 5.74) is 0. The predicted molar refractivity (Wildman–Crippen MR) is 46.2 cm³/mol. The minimum Gasteiger partial charge on any atom is -0.454 e. The highest BCUT2D eigenvalue weighted by Crippen LogP contribution is 1.92. The molecule has 0 aromatic heterocycles. The Morgan fingerprint density at radius 1 is 0.938 bits per heavy atom. The lowest BCUT2D eigenvalue weighted by molar-refractivity contribution is -0.154. The predicted octanol–water partition coefficient (Wildman–Crippen LogP) is 0.386. The normalized spacial score (nSPS) is 8.88. The monoisotopic (exact) mass is 234 g/mol. The van der Waals surface area contributed by atoms with E-state index in [9.17, 15) is 19.2 Å². The van der Waals surface area contributed by atoms with Gasteiger partial charge in [0.1, 0.15) is 0 Å². The molecular formula is C8H10O8. The molecule has 0 rings (SSSR count). The van der Waals surface area contributed by atoms with Gasteiger partial charge in [-0.3, -0.25) is 4.79 Å². The number of hydrogen-bond acceptors (Lipinski definition) is 8. The summed E-state index contributed by atoms with van der Waals surface area (Å²) in [5, 5.41) is 0. The number of carbonyl (C=O) groups excluding carboxylic acids is 4. The van der Waals surface area contributed by atoms with Gasteiger partial charge in [0.25, 0.3) is 0 Å². The SMILES string of the molecule is CCOC(=O)OC(=O)OC(=O)COC(C)=O. The molecule has 0 fully saturated rings. The number of rotatable bonds is 3. The first-order chi connectivity index (χ1) is 7.45. The first kappa shape index (κ1) is 13.9. The van der Waals surface area contributed by atoms with E-state index in [1.165, 1.54) is 6.92 Å². The van der Waals surface area contributed by atoms with E-state index >= 15 is 0 Å². The molecule has 0 saturated carbocycles. The fraction of sp³-hybridized carbons (Fsp3) is 0.500. The minimum atomic E-state index is -1.55. The Morgan fingerprint density at radius 2 is 1.56 bits per heavy atom. The molecule has 8 heteroatoms. The minimum absolute atomic E-state index is 0.00745. The van der Waals surface area contributed by atoms with Gasteiger partial charge in [-0.2, -0.15) is 0 Å². The number of esters is 2. The molecule has 0 aliphatic rings. The number of ether oxygens (including phenoxy) is 4. The Labute approximate surface area is 90.4 Å². The second kappa shape index (κ2) is 7.21. The molecule has 0 N–H and O–H groups in total. The Hall–Kier alpha value is -2.12. The lowest BCUT2D eigenvalue weighted by atomic mass is 10.7. The molecule has 0 atom stereocenters. The zero-order chi connectivity index (χ0) is 12.6. The van der Waals surface area contributed by atoms with E-state index in [-0.39, 0.29) is 6.61 Å². The maximum absolute atomic E-state index is 10.7. The zero-order valence-electron chi connectivity index (χ0n) is 8.68. The lowest BCUT2D eigenvalue weighted by Gasteiger charge is -2.03. The van der Waals surface area contributed by atoms with E-state index in [1.807, 2.05) is 0 Å². The molecule has 90 valence electrons. The summed E-state index contributed by atoms with van der Waals surface area (Å²) < 4.78 is 16.3. The standard InChI is InChI=1S/C8H10O8/c1-3-13-7(11)16-8(12)15-6(10)4-14-5(2)9/h3-4H2,1-2H3. The summed E-state index contributed by atoms with van der Waals surface area (Å²) >= 11 is 0. The van der Waals surface area contributed by atoms with Crippen LogP contribution < -0.4 is 0 Å². The summed E-state index contributed by atoms with van der Waals surface area (Å²) in [6.45, 7) is 1.84. The largest absolute Gasteiger partial charge is 0.526 e. The Morgan fingerprint density at radius 3 is 2.06 bits per heavy atom. The molecule has 0 aromatic carbocycles. The molecule has 0 radical (unpaired) electrons. The molecule has 0 unspecified atom stereocenters. The van der Waals surface area contributed by atoms with Crippen molar-refractivity contribution in [3.63, 3.8) is 0 Å². The summed E-state index contributed by atoms with van der Waals surface area (Å²) in [6, 6.07) is 0. The highest BCUT2D eigenvalue weighted by molar-refractivity contribution is 5.87. The second-order valence-electron chi connectivity index (χ2n) is 2.29. The van der Waals surface area contributed by atoms with Gasteiger partial charge in [-0.25, -0.2) is 14.4 Å². The van der Waals surface area contributed by atoms with Gasteiger partial charge in [-0.15, -0.1) is 0 Å². The van der Waals surface area contributed by atoms with E-state index < -0.39 is 30.9 Å². The van der Waals surface area contributed by atoms with Gasteiger partial charge < -0.3 is 18.9 Å². The Kier molecular flexibility index (Phi) is 6.25. The molecule has 0 spiro atoms. The van der Waals surface area contributed by atoms with Crippen molar-refractivity contribution < 1.29 is 38.1 Å². The van der Waals surface area contributed by atoms with E-state index in [0.29, 0.717) is 0 Å². The Balaban J connectivity index is 3.82. The molecular weight excluding hydrogens is 224 g/mol. The summed E-state index contributed by atoms with van der Waals surface area (Å²) in [7, 11) is 0. The molecule has 8 nitrogen and oxygen atoms in total. The molecule has 16 heavy (non-hydrogen) atoms. The zero-order valence-corrected chi connectivity index (χ0v) is 8.68. The van der Waals surface area contributed by atoms with Crippen molar-refractivity contribution in [1.29, 1.82) is 0 Å². The number of carbonyl (C=O) groups is 4. The highest BCUT2D eigenvalue weighted by atomic mass is 16.8. The molecule has 0 saturated heterocycles. The van der Waals surface area contributed by atoms with Crippen LogP contribution in [0.1, 0.15) is 13.8 Å². The highest BCUT2D eigenvalue weighted by Gasteiger charge is 2.17. The summed E-state index contributed by atoms with van der Waals surface area (Å²) in [6.07, 6.45) is -2.83. The van der Waals surface area contributed by atoms with Crippen LogP contribution in [-0.4, -0.2) is 37.5 Å². The molecule has 0 aliphatic carbocycles. The molecule has 0 amide bonds. The van der Waals surface area contributed by atoms with Crippen LogP contribution >= 0.6 is 0 Å². The molecule has 0 aromatic rings. The maximum atomic E-state index is 10.7. The lowest BCUT2D eigenvalue weighted by Crippen LogP contribution is -2.22. The van der Waals surface area contributed by atoms with Crippen LogP contribution in [0.3, 0.4) is 0 Å². The maximum Gasteiger partial charge on any atom is 0.526 e. The van der Waals surface area contributed by atoms with Gasteiger partial charge in [0.05, 0.1) is 6.61 Å². The second-order valence-corrected chi connectivity index (χ2v) is 2.29. The van der Waals surface area contributed by atoms with Crippen LogP contribution in [-0.2, 0) is 28.5 Å². The van der Waals surface area contributed by atoms with Crippen molar-refractivity contribution in [1.82, 2.24) is 0 Å². The van der Waals surface area contributed by atoms with Gasteiger partial charge in [0.2, 0.25) is 0 Å². The quantitative estimate of drug-likeness (QED) is 0.392.